The molecule has 0 unspecified atom stereocenters. The summed E-state index contributed by atoms with van der Waals surface area (Å²) in [7, 11) is 0. The Hall–Kier alpha value is -3.74. The zero-order valence-corrected chi connectivity index (χ0v) is 14.2. The van der Waals surface area contributed by atoms with Crippen LogP contribution >= 0.6 is 0 Å². The summed E-state index contributed by atoms with van der Waals surface area (Å²) in [5.74, 6) is 0.561. The van der Waals surface area contributed by atoms with Crippen LogP contribution in [0.1, 0.15) is 5.82 Å². The van der Waals surface area contributed by atoms with Gasteiger partial charge in [0.25, 0.3) is 0 Å². The number of hydrogen-bond acceptors (Lipinski definition) is 3. The minimum absolute atomic E-state index is 0.271. The minimum Gasteiger partial charge on any atom is -0.347 e. The molecule has 1 aromatic carbocycles. The zero-order valence-electron chi connectivity index (χ0n) is 14.2. The second-order valence-electron chi connectivity index (χ2n) is 6.21. The molecule has 0 spiro atoms. The molecule has 0 amide bonds. The van der Waals surface area contributed by atoms with Crippen molar-refractivity contribution in [3.05, 3.63) is 79.2 Å². The molecule has 0 radical (unpaired) electrons. The topological polar surface area (TPSA) is 75.2 Å². The van der Waals surface area contributed by atoms with E-state index in [4.69, 9.17) is 0 Å². The molecule has 0 aliphatic heterocycles. The van der Waals surface area contributed by atoms with Crippen molar-refractivity contribution in [1.29, 1.82) is 0 Å². The number of pyridine rings is 1. The summed E-state index contributed by atoms with van der Waals surface area (Å²) >= 11 is 0. The third-order valence-corrected chi connectivity index (χ3v) is 4.55. The number of fused-ring (bicyclic) bond motifs is 1. The Morgan fingerprint density at radius 1 is 0.889 bits per heavy atom. The molecular formula is C20H15FN6. The van der Waals surface area contributed by atoms with Crippen LogP contribution in [0.3, 0.4) is 0 Å². The Bertz CT molecular complexity index is 1200. The first-order valence-electron chi connectivity index (χ1n) is 8.51. The van der Waals surface area contributed by atoms with Crippen LogP contribution in [0.5, 0.6) is 0 Å². The summed E-state index contributed by atoms with van der Waals surface area (Å²) in [5.41, 5.74) is 4.39. The Labute approximate surface area is 153 Å². The van der Waals surface area contributed by atoms with Crippen molar-refractivity contribution in [3.63, 3.8) is 0 Å². The maximum absolute atomic E-state index is 13.4. The Morgan fingerprint density at radius 2 is 1.78 bits per heavy atom. The lowest BCUT2D eigenvalue weighted by atomic mass is 10.0. The lowest BCUT2D eigenvalue weighted by Gasteiger charge is -2.11. The van der Waals surface area contributed by atoms with Crippen LogP contribution in [0.2, 0.25) is 0 Å². The summed E-state index contributed by atoms with van der Waals surface area (Å²) in [6.07, 6.45) is 8.95. The first kappa shape index (κ1) is 15.5. The van der Waals surface area contributed by atoms with Gasteiger partial charge in [0.05, 0.1) is 24.3 Å². The van der Waals surface area contributed by atoms with E-state index in [-0.39, 0.29) is 5.82 Å². The van der Waals surface area contributed by atoms with Crippen LogP contribution < -0.4 is 0 Å². The molecule has 2 N–H and O–H groups in total. The standard InChI is InChI=1S/C20H15FN6/c21-14-3-1-13(2-4-14)18-19(15-5-7-24-20-16(15)6-8-25-20)27(12-26-18)11-17-22-9-10-23-17/h1-10,12H,11H2,(H,22,23)(H,24,25). The highest BCUT2D eigenvalue weighted by molar-refractivity contribution is 5.95. The summed E-state index contributed by atoms with van der Waals surface area (Å²) in [4.78, 5) is 19.6. The lowest BCUT2D eigenvalue weighted by molar-refractivity contribution is 0.628. The van der Waals surface area contributed by atoms with E-state index in [1.807, 2.05) is 22.9 Å². The fraction of sp³-hybridized carbons (Fsp3) is 0.0500. The molecule has 0 saturated carbocycles. The van der Waals surface area contributed by atoms with E-state index in [0.717, 1.165) is 39.4 Å². The fourth-order valence-electron chi connectivity index (χ4n) is 3.32. The quantitative estimate of drug-likeness (QED) is 0.510. The van der Waals surface area contributed by atoms with Crippen LogP contribution in [-0.4, -0.2) is 29.5 Å². The number of nitrogens with zero attached hydrogens (tertiary/aromatic N) is 4. The van der Waals surface area contributed by atoms with Gasteiger partial charge in [0.15, 0.2) is 0 Å². The van der Waals surface area contributed by atoms with E-state index < -0.39 is 0 Å². The summed E-state index contributed by atoms with van der Waals surface area (Å²) in [6.45, 7) is 0.546. The first-order chi connectivity index (χ1) is 13.3. The van der Waals surface area contributed by atoms with Gasteiger partial charge in [-0.25, -0.2) is 19.3 Å². The average Bonchev–Trinajstić information content (AvgIpc) is 3.43. The predicted molar refractivity (Wildman–Crippen MR) is 100 cm³/mol. The van der Waals surface area contributed by atoms with Crippen molar-refractivity contribution in [1.82, 2.24) is 29.5 Å². The van der Waals surface area contributed by atoms with Gasteiger partial charge in [-0.1, -0.05) is 0 Å². The lowest BCUT2D eigenvalue weighted by Crippen LogP contribution is -2.03. The Balaban J connectivity index is 1.74. The molecule has 4 aromatic heterocycles. The molecule has 5 aromatic rings. The minimum atomic E-state index is -0.271. The molecule has 0 fully saturated rings. The van der Waals surface area contributed by atoms with E-state index in [2.05, 4.69) is 24.9 Å². The number of aromatic amines is 2. The van der Waals surface area contributed by atoms with Gasteiger partial charge < -0.3 is 14.5 Å². The monoisotopic (exact) mass is 358 g/mol. The number of benzene rings is 1. The van der Waals surface area contributed by atoms with Crippen molar-refractivity contribution >= 4 is 11.0 Å². The van der Waals surface area contributed by atoms with Crippen LogP contribution in [0.4, 0.5) is 4.39 Å². The maximum Gasteiger partial charge on any atom is 0.137 e. The van der Waals surface area contributed by atoms with E-state index >= 15 is 0 Å². The van der Waals surface area contributed by atoms with Gasteiger partial charge in [-0.3, -0.25) is 0 Å². The average molecular weight is 358 g/mol. The van der Waals surface area contributed by atoms with Gasteiger partial charge in [-0.05, 0) is 36.4 Å². The Morgan fingerprint density at radius 3 is 2.59 bits per heavy atom. The highest BCUT2D eigenvalue weighted by Gasteiger charge is 2.18. The Kier molecular flexibility index (Phi) is 3.57. The third kappa shape index (κ3) is 2.69. The third-order valence-electron chi connectivity index (χ3n) is 4.55. The van der Waals surface area contributed by atoms with Crippen LogP contribution in [0.15, 0.2) is 67.5 Å². The first-order valence-corrected chi connectivity index (χ1v) is 8.51. The number of imidazole rings is 2. The zero-order chi connectivity index (χ0) is 18.2. The van der Waals surface area contributed by atoms with Crippen molar-refractivity contribution in [3.8, 4) is 22.5 Å². The van der Waals surface area contributed by atoms with E-state index in [1.54, 1.807) is 37.1 Å². The molecule has 5 rings (SSSR count). The van der Waals surface area contributed by atoms with Crippen LogP contribution in [0, 0.1) is 5.82 Å². The molecule has 0 atom stereocenters. The van der Waals surface area contributed by atoms with Crippen molar-refractivity contribution in [2.24, 2.45) is 0 Å². The van der Waals surface area contributed by atoms with Gasteiger partial charge in [-0.2, -0.15) is 0 Å². The number of aromatic nitrogens is 6. The molecule has 7 heteroatoms. The van der Waals surface area contributed by atoms with Crippen LogP contribution in [-0.2, 0) is 6.54 Å². The fourth-order valence-corrected chi connectivity index (χ4v) is 3.32. The predicted octanol–water partition coefficient (Wildman–Crippen LogP) is 4.00. The maximum atomic E-state index is 13.4. The molecular weight excluding hydrogens is 343 g/mol. The van der Waals surface area contributed by atoms with Crippen molar-refractivity contribution < 1.29 is 4.39 Å². The molecule has 0 aliphatic carbocycles. The van der Waals surface area contributed by atoms with Gasteiger partial charge in [0.1, 0.15) is 17.3 Å². The van der Waals surface area contributed by atoms with E-state index in [1.165, 1.54) is 12.1 Å². The van der Waals surface area contributed by atoms with E-state index in [0.29, 0.717) is 6.54 Å². The normalized spacial score (nSPS) is 11.3. The molecule has 0 aliphatic rings. The van der Waals surface area contributed by atoms with E-state index in [9.17, 15) is 4.39 Å². The number of hydrogen-bond donors (Lipinski definition) is 2. The van der Waals surface area contributed by atoms with Gasteiger partial charge in [-0.15, -0.1) is 0 Å². The van der Waals surface area contributed by atoms with Gasteiger partial charge >= 0.3 is 0 Å². The largest absolute Gasteiger partial charge is 0.347 e. The number of H-pyrrole nitrogens is 2. The highest BCUT2D eigenvalue weighted by Crippen LogP contribution is 2.35. The second kappa shape index (κ2) is 6.21. The number of rotatable bonds is 4. The molecule has 0 saturated heterocycles. The smallest absolute Gasteiger partial charge is 0.137 e. The SMILES string of the molecule is Fc1ccc(-c2ncn(Cc3ncc[nH]3)c2-c2ccnc3[nH]ccc23)cc1. The summed E-state index contributed by atoms with van der Waals surface area (Å²) < 4.78 is 15.4. The van der Waals surface area contributed by atoms with Crippen molar-refractivity contribution in [2.75, 3.05) is 0 Å². The van der Waals surface area contributed by atoms with Gasteiger partial charge in [0, 0.05) is 41.3 Å². The molecule has 132 valence electrons. The second-order valence-corrected chi connectivity index (χ2v) is 6.21. The number of nitrogens with one attached hydrogen (secondary N) is 2. The highest BCUT2D eigenvalue weighted by atomic mass is 19.1. The molecule has 4 heterocycles. The summed E-state index contributed by atoms with van der Waals surface area (Å²) in [5, 5.41) is 1.00. The van der Waals surface area contributed by atoms with Gasteiger partial charge in [0.2, 0.25) is 0 Å². The number of halogens is 1. The van der Waals surface area contributed by atoms with Crippen molar-refractivity contribution in [2.45, 2.75) is 6.54 Å². The molecule has 0 bridgehead atoms. The van der Waals surface area contributed by atoms with Crippen LogP contribution in [0.25, 0.3) is 33.5 Å². The molecule has 6 nitrogen and oxygen atoms in total. The summed E-state index contributed by atoms with van der Waals surface area (Å²) in [6, 6.07) is 10.4. The molecule has 27 heavy (non-hydrogen) atoms.